The molecule has 0 radical (unpaired) electrons. The fraction of sp³-hybridized carbons (Fsp3) is 0.667. The van der Waals surface area contributed by atoms with E-state index in [1.165, 1.54) is 0 Å². The minimum atomic E-state index is -0.169. The smallest absolute Gasteiger partial charge is 0.219 e. The Kier molecular flexibility index (Phi) is 4.05. The van der Waals surface area contributed by atoms with Gasteiger partial charge in [0.2, 0.25) is 5.91 Å². The molecule has 2 heterocycles. The van der Waals surface area contributed by atoms with Crippen LogP contribution < -0.4 is 5.32 Å². The third-order valence-electron chi connectivity index (χ3n) is 4.51. The first-order chi connectivity index (χ1) is 10.1. The van der Waals surface area contributed by atoms with Crippen molar-refractivity contribution in [2.24, 2.45) is 0 Å². The first-order valence-electron chi connectivity index (χ1n) is 7.64. The number of rotatable bonds is 3. The molecule has 1 aliphatic carbocycles. The lowest BCUT2D eigenvalue weighted by Crippen LogP contribution is -2.41. The van der Waals surface area contributed by atoms with Gasteiger partial charge < -0.3 is 15.3 Å². The van der Waals surface area contributed by atoms with E-state index in [2.05, 4.69) is 15.3 Å². The van der Waals surface area contributed by atoms with Crippen LogP contribution in [0.2, 0.25) is 0 Å². The van der Waals surface area contributed by atoms with Crippen LogP contribution in [0.15, 0.2) is 12.4 Å². The molecule has 2 aliphatic rings. The van der Waals surface area contributed by atoms with Crippen molar-refractivity contribution in [1.82, 2.24) is 14.9 Å². The van der Waals surface area contributed by atoms with Crippen molar-refractivity contribution in [1.29, 1.82) is 0 Å². The van der Waals surface area contributed by atoms with E-state index in [1.807, 2.05) is 11.0 Å². The maximum Gasteiger partial charge on any atom is 0.219 e. The van der Waals surface area contributed by atoms with Crippen LogP contribution in [0.5, 0.6) is 0 Å². The first kappa shape index (κ1) is 14.3. The molecule has 0 bridgehead atoms. The highest BCUT2D eigenvalue weighted by Gasteiger charge is 2.30. The summed E-state index contributed by atoms with van der Waals surface area (Å²) in [5.41, 5.74) is 1.01. The molecule has 3 rings (SSSR count). The summed E-state index contributed by atoms with van der Waals surface area (Å²) in [5, 5.41) is 12.8. The predicted octanol–water partition coefficient (Wildman–Crippen LogP) is 1.14. The average Bonchev–Trinajstić information content (AvgIpc) is 2.45. The topological polar surface area (TPSA) is 78.4 Å². The number of aliphatic hydroxyl groups excluding tert-OH is 1. The third-order valence-corrected chi connectivity index (χ3v) is 4.51. The van der Waals surface area contributed by atoms with Crippen LogP contribution in [0.4, 0.5) is 5.82 Å². The van der Waals surface area contributed by atoms with Gasteiger partial charge in [0.15, 0.2) is 0 Å². The molecule has 2 fully saturated rings. The number of aromatic nitrogens is 2. The number of hydrogen-bond donors (Lipinski definition) is 2. The average molecular weight is 290 g/mol. The molecule has 1 saturated heterocycles. The molecule has 1 aromatic heterocycles. The molecular formula is C15H22N4O2. The largest absolute Gasteiger partial charge is 0.393 e. The number of nitrogens with one attached hydrogen (secondary N) is 1. The SMILES string of the molecule is CC(=O)N1CCC(Nc2cc(C3CC(O)C3)ncn2)CC1. The summed E-state index contributed by atoms with van der Waals surface area (Å²) < 4.78 is 0. The second-order valence-electron chi connectivity index (χ2n) is 6.07. The van der Waals surface area contributed by atoms with Crippen LogP contribution in [0, 0.1) is 0 Å². The molecule has 0 atom stereocenters. The van der Waals surface area contributed by atoms with Crippen molar-refractivity contribution < 1.29 is 9.90 Å². The van der Waals surface area contributed by atoms with Gasteiger partial charge in [0.25, 0.3) is 0 Å². The number of carbonyl (C=O) groups excluding carboxylic acids is 1. The van der Waals surface area contributed by atoms with E-state index in [4.69, 9.17) is 0 Å². The predicted molar refractivity (Wildman–Crippen MR) is 78.9 cm³/mol. The van der Waals surface area contributed by atoms with Crippen molar-refractivity contribution in [2.75, 3.05) is 18.4 Å². The summed E-state index contributed by atoms with van der Waals surface area (Å²) in [6, 6.07) is 2.35. The summed E-state index contributed by atoms with van der Waals surface area (Å²) in [6.45, 7) is 3.23. The lowest BCUT2D eigenvalue weighted by Gasteiger charge is -2.33. The van der Waals surface area contributed by atoms with Gasteiger partial charge in [-0.3, -0.25) is 4.79 Å². The van der Waals surface area contributed by atoms with Crippen molar-refractivity contribution in [3.63, 3.8) is 0 Å². The van der Waals surface area contributed by atoms with E-state index in [0.29, 0.717) is 12.0 Å². The molecule has 1 aliphatic heterocycles. The fourth-order valence-corrected chi connectivity index (χ4v) is 3.05. The Hall–Kier alpha value is -1.69. The van der Waals surface area contributed by atoms with E-state index >= 15 is 0 Å². The van der Waals surface area contributed by atoms with E-state index in [9.17, 15) is 9.90 Å². The summed E-state index contributed by atoms with van der Waals surface area (Å²) >= 11 is 0. The number of carbonyl (C=O) groups is 1. The molecule has 1 saturated carbocycles. The van der Waals surface area contributed by atoms with Crippen molar-refractivity contribution in [3.05, 3.63) is 18.1 Å². The number of likely N-dealkylation sites (tertiary alicyclic amines) is 1. The maximum atomic E-state index is 11.3. The maximum absolute atomic E-state index is 11.3. The zero-order valence-electron chi connectivity index (χ0n) is 12.3. The molecule has 114 valence electrons. The van der Waals surface area contributed by atoms with Gasteiger partial charge in [-0.2, -0.15) is 0 Å². The van der Waals surface area contributed by atoms with E-state index in [-0.39, 0.29) is 12.0 Å². The molecule has 1 amide bonds. The molecule has 6 heteroatoms. The Morgan fingerprint density at radius 2 is 2.05 bits per heavy atom. The standard InChI is InChI=1S/C15H22N4O2/c1-10(20)19-4-2-12(3-5-19)18-15-8-14(16-9-17-15)11-6-13(21)7-11/h8-9,11-13,21H,2-7H2,1H3,(H,16,17,18). The normalized spacial score (nSPS) is 26.3. The Morgan fingerprint density at radius 3 is 2.67 bits per heavy atom. The molecule has 0 unspecified atom stereocenters. The van der Waals surface area contributed by atoms with E-state index in [0.717, 1.165) is 50.3 Å². The van der Waals surface area contributed by atoms with Crippen LogP contribution in [0.3, 0.4) is 0 Å². The molecule has 1 aromatic rings. The Bertz CT molecular complexity index is 508. The van der Waals surface area contributed by atoms with Crippen LogP contribution in [-0.4, -0.2) is 51.1 Å². The van der Waals surface area contributed by atoms with Crippen molar-refractivity contribution >= 4 is 11.7 Å². The van der Waals surface area contributed by atoms with Gasteiger partial charge in [-0.15, -0.1) is 0 Å². The molecule has 2 N–H and O–H groups in total. The second kappa shape index (κ2) is 5.97. The minimum absolute atomic E-state index is 0.154. The van der Waals surface area contributed by atoms with Crippen LogP contribution in [0.1, 0.15) is 44.2 Å². The van der Waals surface area contributed by atoms with Gasteiger partial charge >= 0.3 is 0 Å². The van der Waals surface area contributed by atoms with Crippen molar-refractivity contribution in [3.8, 4) is 0 Å². The van der Waals surface area contributed by atoms with E-state index in [1.54, 1.807) is 13.3 Å². The molecule has 6 nitrogen and oxygen atoms in total. The Balaban J connectivity index is 1.56. The van der Waals surface area contributed by atoms with Gasteiger partial charge in [-0.05, 0) is 25.7 Å². The lowest BCUT2D eigenvalue weighted by molar-refractivity contribution is -0.129. The molecular weight excluding hydrogens is 268 g/mol. The summed E-state index contributed by atoms with van der Waals surface area (Å²) in [4.78, 5) is 21.8. The van der Waals surface area contributed by atoms with Gasteiger partial charge in [-0.1, -0.05) is 0 Å². The van der Waals surface area contributed by atoms with E-state index < -0.39 is 0 Å². The quantitative estimate of drug-likeness (QED) is 0.872. The molecule has 0 spiro atoms. The Morgan fingerprint density at radius 1 is 1.33 bits per heavy atom. The number of hydrogen-bond acceptors (Lipinski definition) is 5. The second-order valence-corrected chi connectivity index (χ2v) is 6.07. The lowest BCUT2D eigenvalue weighted by atomic mass is 9.80. The number of aliphatic hydroxyl groups is 1. The fourth-order valence-electron chi connectivity index (χ4n) is 3.05. The highest BCUT2D eigenvalue weighted by molar-refractivity contribution is 5.73. The van der Waals surface area contributed by atoms with Crippen LogP contribution >= 0.6 is 0 Å². The summed E-state index contributed by atoms with van der Waals surface area (Å²) in [6.07, 6.45) is 4.91. The van der Waals surface area contributed by atoms with Crippen molar-refractivity contribution in [2.45, 2.75) is 50.7 Å². The number of anilines is 1. The van der Waals surface area contributed by atoms with Gasteiger partial charge in [0.05, 0.1) is 6.10 Å². The Labute approximate surface area is 124 Å². The number of nitrogens with zero attached hydrogens (tertiary/aromatic N) is 3. The van der Waals surface area contributed by atoms with Gasteiger partial charge in [0.1, 0.15) is 12.1 Å². The summed E-state index contributed by atoms with van der Waals surface area (Å²) in [7, 11) is 0. The highest BCUT2D eigenvalue weighted by atomic mass is 16.3. The number of piperidine rings is 1. The van der Waals surface area contributed by atoms with Crippen LogP contribution in [-0.2, 0) is 4.79 Å². The molecule has 21 heavy (non-hydrogen) atoms. The number of amides is 1. The molecule has 0 aromatic carbocycles. The zero-order chi connectivity index (χ0) is 14.8. The highest BCUT2D eigenvalue weighted by Crippen LogP contribution is 2.36. The summed E-state index contributed by atoms with van der Waals surface area (Å²) in [5.74, 6) is 1.37. The van der Waals surface area contributed by atoms with Gasteiger partial charge in [-0.25, -0.2) is 9.97 Å². The van der Waals surface area contributed by atoms with Gasteiger partial charge in [0, 0.05) is 43.7 Å². The third kappa shape index (κ3) is 3.32. The minimum Gasteiger partial charge on any atom is -0.393 e. The monoisotopic (exact) mass is 290 g/mol. The van der Waals surface area contributed by atoms with Crippen LogP contribution in [0.25, 0.3) is 0 Å². The first-order valence-corrected chi connectivity index (χ1v) is 7.64. The zero-order valence-corrected chi connectivity index (χ0v) is 12.3.